The molecule has 0 spiro atoms. The van der Waals surface area contributed by atoms with E-state index >= 15 is 0 Å². The van der Waals surface area contributed by atoms with Crippen LogP contribution in [0.4, 0.5) is 28.1 Å². The summed E-state index contributed by atoms with van der Waals surface area (Å²) in [6.07, 6.45) is 9.62. The molecule has 376 valence electrons. The smallest absolute Gasteiger partial charge is 0.415 e. The molecule has 0 unspecified atom stereocenters. The van der Waals surface area contributed by atoms with E-state index in [1.54, 1.807) is 62.4 Å². The zero-order chi connectivity index (χ0) is 50.6. The van der Waals surface area contributed by atoms with Crippen LogP contribution in [-0.4, -0.2) is 114 Å². The maximum Gasteiger partial charge on any atom is 0.415 e. The van der Waals surface area contributed by atoms with Crippen molar-refractivity contribution in [3.63, 3.8) is 0 Å². The number of likely N-dealkylation sites (tertiary alicyclic amines) is 2. The molecule has 4 heterocycles. The number of rotatable bonds is 11. The van der Waals surface area contributed by atoms with Crippen molar-refractivity contribution >= 4 is 53.1 Å². The van der Waals surface area contributed by atoms with Crippen LogP contribution in [0.1, 0.15) is 109 Å². The standard InChI is InChI=1S/C24H30N4O3.C18H23NO4.C11H17N3O2/c1-25-20-8-5-9-21(26-20)27-22(29)19-7-6-16-28(19)23(30)24(14-3-4-15-24)17-10-12-18(31-2)13-11-17;1-23-14-8-6-13(7-9-14)18(10-2-3-11-18)17(22)19-12-4-5-15(19)16(20)21;1-11(2,3)16-10(15)14(4)9-7-5-6-8(12)13-9/h5,8-13,19H,3-4,6-7,14-16H2,1-2H3,(H2,25,26,27,29);6-9,15H,2-5,10-12H2,1H3,(H,20,21);5-7H,1-4H3,(H2,12,13)/t19-;15-;/m11./s1. The van der Waals surface area contributed by atoms with E-state index in [1.165, 1.54) is 4.90 Å². The molecule has 2 aromatic heterocycles. The minimum absolute atomic E-state index is 0.00920. The van der Waals surface area contributed by atoms with Crippen LogP contribution in [0.25, 0.3) is 0 Å². The number of aromatic nitrogens is 2. The topological polar surface area (TPSA) is 219 Å². The summed E-state index contributed by atoms with van der Waals surface area (Å²) in [6, 6.07) is 24.9. The summed E-state index contributed by atoms with van der Waals surface area (Å²) >= 11 is 0. The monoisotopic (exact) mass is 963 g/mol. The molecule has 2 aliphatic carbocycles. The van der Waals surface area contributed by atoms with E-state index in [4.69, 9.17) is 19.9 Å². The number of carbonyl (C=O) groups is 5. The van der Waals surface area contributed by atoms with Gasteiger partial charge in [-0.1, -0.05) is 62.1 Å². The first-order valence-corrected chi connectivity index (χ1v) is 24.2. The van der Waals surface area contributed by atoms with Crippen LogP contribution in [0.3, 0.4) is 0 Å². The van der Waals surface area contributed by atoms with Gasteiger partial charge in [0.15, 0.2) is 0 Å². The van der Waals surface area contributed by atoms with Gasteiger partial charge >= 0.3 is 12.1 Å². The number of pyridine rings is 2. The lowest BCUT2D eigenvalue weighted by atomic mass is 9.77. The Morgan fingerprint density at radius 3 is 1.61 bits per heavy atom. The molecule has 2 aromatic carbocycles. The number of hydrogen-bond donors (Lipinski definition) is 4. The number of anilines is 4. The van der Waals surface area contributed by atoms with Gasteiger partial charge in [-0.25, -0.2) is 19.6 Å². The first-order valence-electron chi connectivity index (χ1n) is 24.2. The Labute approximate surface area is 411 Å². The summed E-state index contributed by atoms with van der Waals surface area (Å²) in [6.45, 7) is 6.59. The lowest BCUT2D eigenvalue weighted by Crippen LogP contribution is -2.51. The van der Waals surface area contributed by atoms with E-state index in [-0.39, 0.29) is 17.7 Å². The van der Waals surface area contributed by atoms with Gasteiger partial charge in [0.25, 0.3) is 0 Å². The van der Waals surface area contributed by atoms with E-state index < -0.39 is 40.6 Å². The molecular formula is C53H70N8O9. The van der Waals surface area contributed by atoms with Crippen molar-refractivity contribution < 1.29 is 43.3 Å². The zero-order valence-electron chi connectivity index (χ0n) is 41.7. The maximum absolute atomic E-state index is 13.9. The summed E-state index contributed by atoms with van der Waals surface area (Å²) < 4.78 is 15.7. The fourth-order valence-corrected chi connectivity index (χ4v) is 10.0. The quantitative estimate of drug-likeness (QED) is 0.112. The highest BCUT2D eigenvalue weighted by Gasteiger charge is 2.50. The van der Waals surface area contributed by atoms with Crippen LogP contribution >= 0.6 is 0 Å². The van der Waals surface area contributed by atoms with E-state index in [0.29, 0.717) is 49.2 Å². The lowest BCUT2D eigenvalue weighted by Gasteiger charge is -2.35. The minimum atomic E-state index is -0.890. The van der Waals surface area contributed by atoms with Crippen LogP contribution < -0.4 is 30.7 Å². The zero-order valence-corrected chi connectivity index (χ0v) is 41.7. The first kappa shape index (κ1) is 52.5. The second-order valence-corrected chi connectivity index (χ2v) is 19.3. The predicted octanol–water partition coefficient (Wildman–Crippen LogP) is 8.19. The summed E-state index contributed by atoms with van der Waals surface area (Å²) in [4.78, 5) is 76.5. The lowest BCUT2D eigenvalue weighted by molar-refractivity contribution is -0.150. The molecule has 2 saturated carbocycles. The molecular weight excluding hydrogens is 893 g/mol. The summed E-state index contributed by atoms with van der Waals surface area (Å²) in [5.74, 6) is 2.55. The number of nitrogen functional groups attached to an aromatic ring is 1. The van der Waals surface area contributed by atoms with Gasteiger partial charge in [-0.3, -0.25) is 19.3 Å². The van der Waals surface area contributed by atoms with Crippen molar-refractivity contribution in [3.8, 4) is 11.5 Å². The van der Waals surface area contributed by atoms with Crippen molar-refractivity contribution in [1.29, 1.82) is 0 Å². The van der Waals surface area contributed by atoms with E-state index in [1.807, 2.05) is 81.4 Å². The highest BCUT2D eigenvalue weighted by atomic mass is 16.6. The fourth-order valence-electron chi connectivity index (χ4n) is 10.0. The van der Waals surface area contributed by atoms with Gasteiger partial charge in [-0.15, -0.1) is 0 Å². The second-order valence-electron chi connectivity index (χ2n) is 19.3. The molecule has 70 heavy (non-hydrogen) atoms. The average Bonchev–Trinajstić information content (AvgIpc) is 4.22. The van der Waals surface area contributed by atoms with Gasteiger partial charge in [-0.2, -0.15) is 0 Å². The normalized spacial score (nSPS) is 18.8. The summed E-state index contributed by atoms with van der Waals surface area (Å²) in [5.41, 5.74) is 5.89. The SMILES string of the molecule is CN(C(=O)OC(C)(C)C)c1cccc(N)n1.CNc1cccc(NC(=O)[C@H]2CCCN2C(=O)C2(c3ccc(OC)cc3)CCCC2)n1.COc1ccc(C2(C(=O)N3CCC[C@@H]3C(=O)O)CCCC2)cc1. The number of nitrogens with zero attached hydrogens (tertiary/aromatic N) is 5. The third kappa shape index (κ3) is 12.3. The Morgan fingerprint density at radius 2 is 1.16 bits per heavy atom. The van der Waals surface area contributed by atoms with Crippen molar-refractivity contribution in [2.45, 2.75) is 126 Å². The molecule has 2 aliphatic heterocycles. The number of nitrogens with two attached hydrogens (primary N) is 1. The van der Waals surface area contributed by atoms with Crippen molar-refractivity contribution in [3.05, 3.63) is 96.1 Å². The number of hydrogen-bond acceptors (Lipinski definition) is 12. The number of carboxylic acid groups (broad SMARTS) is 1. The van der Waals surface area contributed by atoms with Crippen LogP contribution in [0.2, 0.25) is 0 Å². The Kier molecular flexibility index (Phi) is 17.3. The van der Waals surface area contributed by atoms with Crippen LogP contribution in [-0.2, 0) is 34.7 Å². The fraction of sp³-hybridized carbons (Fsp3) is 0.491. The molecule has 8 rings (SSSR count). The molecule has 2 atom stereocenters. The molecule has 2 saturated heterocycles. The number of methoxy groups -OCH3 is 2. The van der Waals surface area contributed by atoms with Crippen molar-refractivity contribution in [2.24, 2.45) is 0 Å². The maximum atomic E-state index is 13.9. The summed E-state index contributed by atoms with van der Waals surface area (Å²) in [7, 11) is 6.63. The van der Waals surface area contributed by atoms with E-state index in [2.05, 4.69) is 20.6 Å². The molecule has 0 radical (unpaired) electrons. The molecule has 4 aromatic rings. The minimum Gasteiger partial charge on any atom is -0.497 e. The van der Waals surface area contributed by atoms with E-state index in [0.717, 1.165) is 86.8 Å². The molecule has 4 aliphatic rings. The molecule has 4 fully saturated rings. The summed E-state index contributed by atoms with van der Waals surface area (Å²) in [5, 5.41) is 15.3. The van der Waals surface area contributed by atoms with Crippen molar-refractivity contribution in [1.82, 2.24) is 19.8 Å². The number of aliphatic carboxylic acids is 1. The molecule has 0 bridgehead atoms. The number of benzene rings is 2. The molecule has 17 nitrogen and oxygen atoms in total. The Hall–Kier alpha value is -6.91. The third-order valence-corrected chi connectivity index (χ3v) is 13.7. The van der Waals surface area contributed by atoms with Gasteiger partial charge in [0.1, 0.15) is 52.5 Å². The number of carbonyl (C=O) groups excluding carboxylic acids is 4. The largest absolute Gasteiger partial charge is 0.497 e. The van der Waals surface area contributed by atoms with Gasteiger partial charge in [-0.05, 0) is 132 Å². The van der Waals surface area contributed by atoms with Gasteiger partial charge in [0.05, 0.1) is 25.0 Å². The number of amides is 4. The third-order valence-electron chi connectivity index (χ3n) is 13.7. The van der Waals surface area contributed by atoms with Crippen LogP contribution in [0.5, 0.6) is 11.5 Å². The number of nitrogens with one attached hydrogen (secondary N) is 2. The van der Waals surface area contributed by atoms with Gasteiger partial charge < -0.3 is 45.5 Å². The number of ether oxygens (including phenoxy) is 3. The predicted molar refractivity (Wildman–Crippen MR) is 269 cm³/mol. The Balaban J connectivity index is 0.000000182. The van der Waals surface area contributed by atoms with E-state index in [9.17, 15) is 29.1 Å². The average molecular weight is 963 g/mol. The van der Waals surface area contributed by atoms with Gasteiger partial charge in [0.2, 0.25) is 17.7 Å². The molecule has 4 amide bonds. The Morgan fingerprint density at radius 1 is 0.686 bits per heavy atom. The van der Waals surface area contributed by atoms with Gasteiger partial charge in [0, 0.05) is 27.2 Å². The van der Waals surface area contributed by atoms with Crippen LogP contribution in [0.15, 0.2) is 84.9 Å². The van der Waals surface area contributed by atoms with Crippen molar-refractivity contribution in [2.75, 3.05) is 62.7 Å². The van der Waals surface area contributed by atoms with Crippen LogP contribution in [0, 0.1) is 0 Å². The molecule has 5 N–H and O–H groups in total. The molecule has 17 heteroatoms. The Bertz CT molecular complexity index is 2430. The second kappa shape index (κ2) is 23.1. The highest BCUT2D eigenvalue weighted by Crippen LogP contribution is 2.46. The first-order chi connectivity index (χ1) is 33.4. The highest BCUT2D eigenvalue weighted by molar-refractivity contribution is 5.99. The number of carboxylic acids is 1.